The van der Waals surface area contributed by atoms with E-state index in [1.807, 2.05) is 22.9 Å². The molecule has 0 saturated carbocycles. The predicted octanol–water partition coefficient (Wildman–Crippen LogP) is 2.03. The lowest BCUT2D eigenvalue weighted by Gasteiger charge is -2.16. The molecule has 0 N–H and O–H groups in total. The minimum atomic E-state index is 0.0910. The van der Waals surface area contributed by atoms with Gasteiger partial charge >= 0.3 is 0 Å². The van der Waals surface area contributed by atoms with Crippen molar-refractivity contribution >= 4 is 5.78 Å². The SMILES string of the molecule is CC(C)(C)c1ccn2ccnc2n1. The molecule has 68 valence electrons. The molecule has 0 bridgehead atoms. The van der Waals surface area contributed by atoms with Gasteiger partial charge in [0.2, 0.25) is 5.78 Å². The molecular weight excluding hydrogens is 162 g/mol. The third kappa shape index (κ3) is 1.41. The maximum atomic E-state index is 4.46. The number of nitrogens with zero attached hydrogens (tertiary/aromatic N) is 3. The molecular formula is C10H13N3. The van der Waals surface area contributed by atoms with Gasteiger partial charge in [0.05, 0.1) is 5.69 Å². The van der Waals surface area contributed by atoms with E-state index in [1.54, 1.807) is 6.20 Å². The van der Waals surface area contributed by atoms with Crippen molar-refractivity contribution in [1.82, 2.24) is 14.4 Å². The van der Waals surface area contributed by atoms with Gasteiger partial charge in [-0.05, 0) is 6.07 Å². The van der Waals surface area contributed by atoms with Crippen LogP contribution in [0.3, 0.4) is 0 Å². The molecule has 0 unspecified atom stereocenters. The van der Waals surface area contributed by atoms with Crippen LogP contribution in [-0.2, 0) is 5.41 Å². The molecule has 0 aliphatic carbocycles. The first kappa shape index (κ1) is 8.23. The molecule has 0 atom stereocenters. The zero-order chi connectivity index (χ0) is 9.47. The van der Waals surface area contributed by atoms with Gasteiger partial charge in [0.15, 0.2) is 0 Å². The van der Waals surface area contributed by atoms with Gasteiger partial charge in [0, 0.05) is 24.0 Å². The normalized spacial score (nSPS) is 12.2. The molecule has 0 aromatic carbocycles. The fraction of sp³-hybridized carbons (Fsp3) is 0.400. The summed E-state index contributed by atoms with van der Waals surface area (Å²) in [5.41, 5.74) is 1.17. The Bertz CT molecular complexity index is 423. The summed E-state index contributed by atoms with van der Waals surface area (Å²) in [5.74, 6) is 0.771. The topological polar surface area (TPSA) is 30.2 Å². The summed E-state index contributed by atoms with van der Waals surface area (Å²) >= 11 is 0. The maximum absolute atomic E-state index is 4.46. The lowest BCUT2D eigenvalue weighted by Crippen LogP contribution is -2.13. The molecule has 2 heterocycles. The highest BCUT2D eigenvalue weighted by Gasteiger charge is 2.15. The van der Waals surface area contributed by atoms with Gasteiger partial charge in [0.1, 0.15) is 0 Å². The van der Waals surface area contributed by atoms with Gasteiger partial charge in [-0.3, -0.25) is 4.40 Å². The van der Waals surface area contributed by atoms with Crippen molar-refractivity contribution in [2.45, 2.75) is 26.2 Å². The van der Waals surface area contributed by atoms with Crippen LogP contribution in [0, 0.1) is 0 Å². The Morgan fingerprint density at radius 2 is 2.00 bits per heavy atom. The number of aromatic nitrogens is 3. The predicted molar refractivity (Wildman–Crippen MR) is 51.7 cm³/mol. The van der Waals surface area contributed by atoms with Crippen LogP contribution in [0.25, 0.3) is 5.78 Å². The van der Waals surface area contributed by atoms with E-state index in [9.17, 15) is 0 Å². The van der Waals surface area contributed by atoms with Crippen LogP contribution in [-0.4, -0.2) is 14.4 Å². The lowest BCUT2D eigenvalue weighted by molar-refractivity contribution is 0.568. The van der Waals surface area contributed by atoms with Crippen molar-refractivity contribution in [3.05, 3.63) is 30.4 Å². The van der Waals surface area contributed by atoms with Crippen LogP contribution in [0.2, 0.25) is 0 Å². The highest BCUT2D eigenvalue weighted by molar-refractivity contribution is 5.30. The Labute approximate surface area is 77.4 Å². The second kappa shape index (κ2) is 2.55. The summed E-state index contributed by atoms with van der Waals surface area (Å²) in [7, 11) is 0. The average molecular weight is 175 g/mol. The van der Waals surface area contributed by atoms with Crippen molar-refractivity contribution in [3.8, 4) is 0 Å². The van der Waals surface area contributed by atoms with E-state index in [-0.39, 0.29) is 5.41 Å². The quantitative estimate of drug-likeness (QED) is 0.613. The lowest BCUT2D eigenvalue weighted by atomic mass is 9.92. The molecule has 0 spiro atoms. The van der Waals surface area contributed by atoms with Crippen molar-refractivity contribution in [3.63, 3.8) is 0 Å². The highest BCUT2D eigenvalue weighted by atomic mass is 15.1. The summed E-state index contributed by atoms with van der Waals surface area (Å²) in [4.78, 5) is 8.60. The molecule has 3 nitrogen and oxygen atoms in total. The van der Waals surface area contributed by atoms with Crippen LogP contribution >= 0.6 is 0 Å². The van der Waals surface area contributed by atoms with Crippen molar-refractivity contribution in [2.75, 3.05) is 0 Å². The fourth-order valence-electron chi connectivity index (χ4n) is 1.22. The summed E-state index contributed by atoms with van der Waals surface area (Å²) in [5, 5.41) is 0. The largest absolute Gasteiger partial charge is 0.291 e. The highest BCUT2D eigenvalue weighted by Crippen LogP contribution is 2.19. The Morgan fingerprint density at radius 3 is 2.69 bits per heavy atom. The Morgan fingerprint density at radius 1 is 1.23 bits per heavy atom. The molecule has 2 aromatic heterocycles. The van der Waals surface area contributed by atoms with Crippen LogP contribution in [0.1, 0.15) is 26.5 Å². The van der Waals surface area contributed by atoms with Gasteiger partial charge in [-0.25, -0.2) is 9.97 Å². The van der Waals surface area contributed by atoms with E-state index in [2.05, 4.69) is 30.7 Å². The van der Waals surface area contributed by atoms with E-state index in [1.165, 1.54) is 0 Å². The van der Waals surface area contributed by atoms with Gasteiger partial charge in [-0.1, -0.05) is 20.8 Å². The van der Waals surface area contributed by atoms with Crippen LogP contribution in [0.15, 0.2) is 24.7 Å². The minimum Gasteiger partial charge on any atom is -0.291 e. The minimum absolute atomic E-state index is 0.0910. The summed E-state index contributed by atoms with van der Waals surface area (Å²) in [6.07, 6.45) is 5.65. The summed E-state index contributed by atoms with van der Waals surface area (Å²) < 4.78 is 1.91. The number of imidazole rings is 1. The van der Waals surface area contributed by atoms with E-state index in [4.69, 9.17) is 0 Å². The molecule has 3 heteroatoms. The zero-order valence-corrected chi connectivity index (χ0v) is 8.15. The third-order valence-electron chi connectivity index (χ3n) is 2.03. The Kier molecular flexibility index (Phi) is 1.62. The Hall–Kier alpha value is -1.38. The van der Waals surface area contributed by atoms with Gasteiger partial charge in [0.25, 0.3) is 0 Å². The van der Waals surface area contributed by atoms with E-state index in [0.29, 0.717) is 0 Å². The van der Waals surface area contributed by atoms with Gasteiger partial charge < -0.3 is 0 Å². The van der Waals surface area contributed by atoms with Crippen molar-refractivity contribution in [2.24, 2.45) is 0 Å². The monoisotopic (exact) mass is 175 g/mol. The second-order valence-electron chi connectivity index (χ2n) is 4.20. The molecule has 0 saturated heterocycles. The first-order valence-electron chi connectivity index (χ1n) is 4.37. The van der Waals surface area contributed by atoms with Crippen LogP contribution in [0.5, 0.6) is 0 Å². The molecule has 0 aliphatic heterocycles. The van der Waals surface area contributed by atoms with Crippen LogP contribution in [0.4, 0.5) is 0 Å². The number of hydrogen-bond acceptors (Lipinski definition) is 2. The number of rotatable bonds is 0. The third-order valence-corrected chi connectivity index (χ3v) is 2.03. The molecule has 0 fully saturated rings. The first-order valence-corrected chi connectivity index (χ1v) is 4.37. The molecule has 2 rings (SSSR count). The zero-order valence-electron chi connectivity index (χ0n) is 8.15. The van der Waals surface area contributed by atoms with Gasteiger partial charge in [-0.2, -0.15) is 0 Å². The number of hydrogen-bond donors (Lipinski definition) is 0. The average Bonchev–Trinajstić information content (AvgIpc) is 2.47. The van der Waals surface area contributed by atoms with Crippen molar-refractivity contribution in [1.29, 1.82) is 0 Å². The molecule has 0 radical (unpaired) electrons. The van der Waals surface area contributed by atoms with E-state index >= 15 is 0 Å². The standard InChI is InChI=1S/C10H13N3/c1-10(2,3)8-4-6-13-7-5-11-9(13)12-8/h4-7H,1-3H3. The molecule has 2 aromatic rings. The molecule has 0 amide bonds. The second-order valence-corrected chi connectivity index (χ2v) is 4.20. The summed E-state index contributed by atoms with van der Waals surface area (Å²) in [6, 6.07) is 2.04. The number of fused-ring (bicyclic) bond motifs is 1. The van der Waals surface area contributed by atoms with E-state index < -0.39 is 0 Å². The maximum Gasteiger partial charge on any atom is 0.233 e. The molecule has 0 aliphatic rings. The van der Waals surface area contributed by atoms with E-state index in [0.717, 1.165) is 11.5 Å². The molecule has 13 heavy (non-hydrogen) atoms. The Balaban J connectivity index is 2.61. The smallest absolute Gasteiger partial charge is 0.233 e. The van der Waals surface area contributed by atoms with Crippen LogP contribution < -0.4 is 0 Å². The van der Waals surface area contributed by atoms with Crippen molar-refractivity contribution < 1.29 is 0 Å². The summed E-state index contributed by atoms with van der Waals surface area (Å²) in [6.45, 7) is 6.44. The fourth-order valence-corrected chi connectivity index (χ4v) is 1.22. The first-order chi connectivity index (χ1) is 6.07. The van der Waals surface area contributed by atoms with Gasteiger partial charge in [-0.15, -0.1) is 0 Å².